The maximum Gasteiger partial charge on any atom is 0.328 e. The summed E-state index contributed by atoms with van der Waals surface area (Å²) in [5, 5.41) is 23.2. The number of amides is 1. The molecule has 3 aromatic rings. The number of benzene rings is 2. The monoisotopic (exact) mass is 535 g/mol. The van der Waals surface area contributed by atoms with E-state index in [1.54, 1.807) is 37.9 Å². The molecule has 0 bridgehead atoms. The molecule has 0 radical (unpaired) electrons. The Balaban J connectivity index is 1.92. The number of anilines is 1. The lowest BCUT2D eigenvalue weighted by Crippen LogP contribution is -2.54. The molecule has 11 nitrogen and oxygen atoms in total. The number of nitrogens with one attached hydrogen (secondary N) is 3. The van der Waals surface area contributed by atoms with Crippen LogP contribution < -0.4 is 16.4 Å². The molecule has 0 spiro atoms. The summed E-state index contributed by atoms with van der Waals surface area (Å²) in [4.78, 5) is 43.9. The average Bonchev–Trinajstić information content (AvgIpc) is 3.25. The van der Waals surface area contributed by atoms with E-state index in [1.807, 2.05) is 48.9 Å². The van der Waals surface area contributed by atoms with Crippen molar-refractivity contribution >= 4 is 40.2 Å². The van der Waals surface area contributed by atoms with Gasteiger partial charge in [-0.2, -0.15) is 0 Å². The molecule has 208 valence electrons. The lowest BCUT2D eigenvalue weighted by Gasteiger charge is -2.34. The quantitative estimate of drug-likeness (QED) is 0.126. The summed E-state index contributed by atoms with van der Waals surface area (Å²) in [5.74, 6) is -1.14. The number of likely N-dealkylation sites (N-methyl/N-ethyl adjacent to an activating group) is 1. The molecule has 11 heteroatoms. The normalized spacial score (nSPS) is 13.5. The van der Waals surface area contributed by atoms with Gasteiger partial charge >= 0.3 is 5.97 Å². The van der Waals surface area contributed by atoms with Crippen molar-refractivity contribution < 1.29 is 19.5 Å². The van der Waals surface area contributed by atoms with Gasteiger partial charge in [0.2, 0.25) is 5.91 Å². The van der Waals surface area contributed by atoms with E-state index in [2.05, 4.69) is 10.6 Å². The molecule has 0 aliphatic carbocycles. The first-order chi connectivity index (χ1) is 18.4. The van der Waals surface area contributed by atoms with E-state index in [4.69, 9.17) is 16.1 Å². The van der Waals surface area contributed by atoms with Gasteiger partial charge in [-0.15, -0.1) is 0 Å². The summed E-state index contributed by atoms with van der Waals surface area (Å²) in [5.41, 5.74) is 8.11. The minimum atomic E-state index is -1.39. The Labute approximate surface area is 227 Å². The van der Waals surface area contributed by atoms with E-state index in [9.17, 15) is 19.5 Å². The van der Waals surface area contributed by atoms with Gasteiger partial charge in [-0.05, 0) is 55.8 Å². The van der Waals surface area contributed by atoms with E-state index >= 15 is 0 Å². The average molecular weight is 536 g/mol. The van der Waals surface area contributed by atoms with Crippen molar-refractivity contribution in [3.63, 3.8) is 0 Å². The van der Waals surface area contributed by atoms with Crippen molar-refractivity contribution in [2.75, 3.05) is 25.5 Å². The van der Waals surface area contributed by atoms with Gasteiger partial charge in [0.1, 0.15) is 11.7 Å². The Bertz CT molecular complexity index is 1380. The van der Waals surface area contributed by atoms with Gasteiger partial charge in [0.15, 0.2) is 11.8 Å². The zero-order chi connectivity index (χ0) is 28.9. The summed E-state index contributed by atoms with van der Waals surface area (Å²) in [7, 11) is 3.61. The number of aliphatic carboxylic acids is 1. The second-order valence-electron chi connectivity index (χ2n) is 9.76. The summed E-state index contributed by atoms with van der Waals surface area (Å²) < 4.78 is 1.96. The number of aromatic nitrogens is 2. The highest BCUT2D eigenvalue weighted by Gasteiger charge is 2.39. The number of ketones is 1. The third-order valence-corrected chi connectivity index (χ3v) is 7.13. The predicted octanol–water partition coefficient (Wildman–Crippen LogP) is 2.23. The maximum absolute atomic E-state index is 13.5. The molecule has 1 amide bonds. The number of amidine groups is 1. The number of carbonyl (C=O) groups excluding carboxylic acids is 2. The summed E-state index contributed by atoms with van der Waals surface area (Å²) in [6.07, 6.45) is 0.0705. The van der Waals surface area contributed by atoms with Crippen molar-refractivity contribution in [2.24, 2.45) is 12.8 Å². The Hall–Kier alpha value is -4.25. The summed E-state index contributed by atoms with van der Waals surface area (Å²) in [6, 6.07) is 11.4. The van der Waals surface area contributed by atoms with Crippen LogP contribution >= 0.6 is 0 Å². The molecule has 2 aromatic carbocycles. The van der Waals surface area contributed by atoms with E-state index in [1.165, 1.54) is 0 Å². The number of hydrogen-bond donors (Lipinski definition) is 5. The molecule has 39 heavy (non-hydrogen) atoms. The van der Waals surface area contributed by atoms with E-state index in [-0.39, 0.29) is 24.7 Å². The van der Waals surface area contributed by atoms with Crippen molar-refractivity contribution in [1.29, 1.82) is 5.41 Å². The van der Waals surface area contributed by atoms with Crippen LogP contribution in [0, 0.1) is 5.41 Å². The van der Waals surface area contributed by atoms with Crippen LogP contribution in [-0.4, -0.2) is 69.2 Å². The van der Waals surface area contributed by atoms with Crippen LogP contribution in [0.15, 0.2) is 42.5 Å². The zero-order valence-corrected chi connectivity index (χ0v) is 23.0. The molecule has 1 aromatic heterocycles. The number of nitrogens with two attached hydrogens (primary N) is 1. The number of fused-ring (bicyclic) bond motifs is 1. The number of carboxylic acids is 1. The molecule has 0 aliphatic heterocycles. The van der Waals surface area contributed by atoms with Gasteiger partial charge < -0.3 is 25.6 Å². The lowest BCUT2D eigenvalue weighted by atomic mass is 9.80. The number of rotatable bonds is 13. The Morgan fingerprint density at radius 2 is 1.85 bits per heavy atom. The van der Waals surface area contributed by atoms with Crippen LogP contribution in [0.4, 0.5) is 5.69 Å². The van der Waals surface area contributed by atoms with Crippen LogP contribution in [0.2, 0.25) is 0 Å². The highest BCUT2D eigenvalue weighted by Crippen LogP contribution is 2.29. The predicted molar refractivity (Wildman–Crippen MR) is 151 cm³/mol. The van der Waals surface area contributed by atoms with Crippen LogP contribution in [0.25, 0.3) is 11.0 Å². The maximum atomic E-state index is 13.5. The van der Waals surface area contributed by atoms with Gasteiger partial charge in [-0.1, -0.05) is 13.0 Å². The molecule has 6 N–H and O–H groups in total. The third-order valence-electron chi connectivity index (χ3n) is 7.13. The fourth-order valence-corrected chi connectivity index (χ4v) is 4.41. The van der Waals surface area contributed by atoms with E-state index in [0.717, 1.165) is 17.0 Å². The van der Waals surface area contributed by atoms with Crippen LogP contribution in [-0.2, 0) is 33.4 Å². The largest absolute Gasteiger partial charge is 0.480 e. The van der Waals surface area contributed by atoms with Gasteiger partial charge in [0.25, 0.3) is 0 Å². The first kappa shape index (κ1) is 29.3. The molecule has 1 heterocycles. The Morgan fingerprint density at radius 1 is 1.18 bits per heavy atom. The van der Waals surface area contributed by atoms with Gasteiger partial charge in [-0.25, -0.2) is 4.98 Å². The molecule has 2 atom stereocenters. The topological polar surface area (TPSA) is 166 Å². The summed E-state index contributed by atoms with van der Waals surface area (Å²) >= 11 is 0. The third kappa shape index (κ3) is 6.26. The van der Waals surface area contributed by atoms with E-state index in [0.29, 0.717) is 29.7 Å². The van der Waals surface area contributed by atoms with Crippen molar-refractivity contribution in [2.45, 2.75) is 45.2 Å². The van der Waals surface area contributed by atoms with Gasteiger partial charge in [0.05, 0.1) is 23.0 Å². The number of carboxylic acid groups (broad SMARTS) is 1. The number of aryl methyl sites for hydroxylation is 1. The van der Waals surface area contributed by atoms with Crippen LogP contribution in [0.3, 0.4) is 0 Å². The molecule has 2 unspecified atom stereocenters. The Kier molecular flexibility index (Phi) is 9.08. The van der Waals surface area contributed by atoms with Gasteiger partial charge in [-0.3, -0.25) is 25.1 Å². The Morgan fingerprint density at radius 3 is 2.41 bits per heavy atom. The molecule has 0 saturated carbocycles. The number of imidazole rings is 1. The molecule has 0 saturated heterocycles. The van der Waals surface area contributed by atoms with E-state index < -0.39 is 23.2 Å². The SMILES string of the molecule is CCC(=O)C(NCC(C)(C(=O)N(C)CC)c1ccc2c(c1)nc(CNc1ccc(C(=N)N)cc1)n2C)C(=O)O. The standard InChI is InChI=1S/C28H37N7O4/c1-6-22(36)24(26(37)38)32-16-28(3,27(39)34(4)7-2)18-10-13-21-20(14-18)33-23(35(21)5)15-31-19-11-8-17(9-12-19)25(29)30/h8-14,24,31-32H,6-7,15-16H2,1-5H3,(H3,29,30)(H,37,38). The van der Waals surface area contributed by atoms with Crippen molar-refractivity contribution in [3.8, 4) is 0 Å². The lowest BCUT2D eigenvalue weighted by molar-refractivity contribution is -0.144. The minimum absolute atomic E-state index is 0.00830. The molecule has 0 aliphatic rings. The fraction of sp³-hybridized carbons (Fsp3) is 0.393. The number of carbonyl (C=O) groups is 3. The second-order valence-corrected chi connectivity index (χ2v) is 9.76. The molecule has 3 rings (SSSR count). The van der Waals surface area contributed by atoms with Crippen LogP contribution in [0.1, 0.15) is 44.1 Å². The molecule has 0 fully saturated rings. The van der Waals surface area contributed by atoms with Crippen molar-refractivity contribution in [1.82, 2.24) is 19.8 Å². The number of hydrogen-bond acceptors (Lipinski definition) is 7. The molecular weight excluding hydrogens is 498 g/mol. The minimum Gasteiger partial charge on any atom is -0.480 e. The smallest absolute Gasteiger partial charge is 0.328 e. The first-order valence-corrected chi connectivity index (χ1v) is 12.8. The number of nitrogen functional groups attached to an aromatic ring is 1. The summed E-state index contributed by atoms with van der Waals surface area (Å²) in [6.45, 7) is 6.09. The highest BCUT2D eigenvalue weighted by molar-refractivity contribution is 6.02. The van der Waals surface area contributed by atoms with Gasteiger partial charge in [0, 0.05) is 44.9 Å². The fourth-order valence-electron chi connectivity index (χ4n) is 4.41. The second kappa shape index (κ2) is 12.1. The number of nitrogens with zero attached hydrogens (tertiary/aromatic N) is 3. The van der Waals surface area contributed by atoms with Crippen LogP contribution in [0.5, 0.6) is 0 Å². The van der Waals surface area contributed by atoms with Crippen molar-refractivity contribution in [3.05, 3.63) is 59.4 Å². The number of Topliss-reactive ketones (excluding diaryl/α,β-unsaturated/α-hetero) is 1. The zero-order valence-electron chi connectivity index (χ0n) is 23.0. The molecular formula is C28H37N7O4. The highest BCUT2D eigenvalue weighted by atomic mass is 16.4. The first-order valence-electron chi connectivity index (χ1n) is 12.8.